The van der Waals surface area contributed by atoms with Crippen LogP contribution in [0.4, 0.5) is 11.6 Å². The second-order valence-corrected chi connectivity index (χ2v) is 10.3. The first-order chi connectivity index (χ1) is 17.0. The van der Waals surface area contributed by atoms with E-state index in [9.17, 15) is 13.2 Å². The van der Waals surface area contributed by atoms with Gasteiger partial charge >= 0.3 is 0 Å². The number of fused-ring (bicyclic) bond motifs is 1. The molecule has 0 bridgehead atoms. The Morgan fingerprint density at radius 1 is 1.00 bits per heavy atom. The number of rotatable bonds is 6. The Kier molecular flexibility index (Phi) is 6.54. The Hall–Kier alpha value is -3.28. The number of methoxy groups -OCH3 is 1. The molecule has 1 N–H and O–H groups in total. The van der Waals surface area contributed by atoms with E-state index in [2.05, 4.69) is 15.2 Å². The Bertz CT molecular complexity index is 1350. The fourth-order valence-electron chi connectivity index (χ4n) is 4.36. The molecule has 2 aliphatic rings. The molecule has 184 valence electrons. The normalized spacial score (nSPS) is 17.0. The van der Waals surface area contributed by atoms with Gasteiger partial charge < -0.3 is 19.7 Å². The second kappa shape index (κ2) is 9.76. The molecule has 5 rings (SSSR count). The van der Waals surface area contributed by atoms with Crippen molar-refractivity contribution in [3.63, 3.8) is 0 Å². The summed E-state index contributed by atoms with van der Waals surface area (Å²) in [7, 11) is -2.35. The third kappa shape index (κ3) is 4.66. The van der Waals surface area contributed by atoms with Crippen molar-refractivity contribution in [2.45, 2.75) is 17.7 Å². The Balaban J connectivity index is 1.51. The lowest BCUT2D eigenvalue weighted by atomic mass is 10.2. The van der Waals surface area contributed by atoms with Gasteiger partial charge in [0.15, 0.2) is 11.6 Å². The van der Waals surface area contributed by atoms with E-state index in [0.717, 1.165) is 31.4 Å². The molecule has 1 aromatic heterocycles. The highest BCUT2D eigenvalue weighted by atomic mass is 32.2. The molecule has 2 fully saturated rings. The van der Waals surface area contributed by atoms with Crippen LogP contribution >= 0.6 is 0 Å². The first kappa shape index (κ1) is 23.5. The lowest BCUT2D eigenvalue weighted by molar-refractivity contribution is 0.0730. The van der Waals surface area contributed by atoms with Crippen molar-refractivity contribution < 1.29 is 22.7 Å². The summed E-state index contributed by atoms with van der Waals surface area (Å²) in [6.07, 6.45) is 2.08. The van der Waals surface area contributed by atoms with E-state index >= 15 is 0 Å². The third-order valence-electron chi connectivity index (χ3n) is 6.21. The number of sulfonamides is 1. The van der Waals surface area contributed by atoms with Crippen molar-refractivity contribution in [1.82, 2.24) is 14.3 Å². The lowest BCUT2D eigenvalue weighted by Crippen LogP contribution is -2.40. The maximum atomic E-state index is 13.4. The van der Waals surface area contributed by atoms with Gasteiger partial charge in [-0.15, -0.1) is 0 Å². The second-order valence-electron chi connectivity index (χ2n) is 8.41. The van der Waals surface area contributed by atoms with E-state index in [0.29, 0.717) is 30.4 Å². The number of para-hydroxylation sites is 2. The molecule has 0 spiro atoms. The summed E-state index contributed by atoms with van der Waals surface area (Å²) in [6.45, 7) is 2.85. The first-order valence-electron chi connectivity index (χ1n) is 11.6. The number of nitrogens with zero attached hydrogens (tertiary/aromatic N) is 4. The Morgan fingerprint density at radius 3 is 2.37 bits per heavy atom. The molecule has 3 aromatic rings. The smallest absolute Gasteiger partial charge is 0.260 e. The van der Waals surface area contributed by atoms with E-state index in [1.165, 1.54) is 29.6 Å². The van der Waals surface area contributed by atoms with Crippen LogP contribution in [0.1, 0.15) is 23.2 Å². The minimum atomic E-state index is -3.78. The number of nitrogens with one attached hydrogen (secondary N) is 1. The first-order valence-corrected chi connectivity index (χ1v) is 13.0. The summed E-state index contributed by atoms with van der Waals surface area (Å²) in [5.74, 6) is 0.676. The highest BCUT2D eigenvalue weighted by molar-refractivity contribution is 7.89. The van der Waals surface area contributed by atoms with Crippen LogP contribution in [0.5, 0.6) is 5.75 Å². The maximum Gasteiger partial charge on any atom is 0.260 e. The van der Waals surface area contributed by atoms with Gasteiger partial charge in [-0.3, -0.25) is 4.79 Å². The number of aromatic nitrogens is 2. The van der Waals surface area contributed by atoms with Crippen LogP contribution in [0.3, 0.4) is 0 Å². The number of ether oxygens (including phenoxy) is 2. The standard InChI is InChI=1S/C24H27N5O5S/c1-33-21-9-8-17(35(31,32)29-12-14-34-15-13-29)16-18(21)24(30)27-22-23(28-10-4-5-11-28)26-20-7-3-2-6-19(20)25-22/h2-3,6-9,16H,4-5,10-15H2,1H3,(H,25,27,30). The zero-order valence-corrected chi connectivity index (χ0v) is 20.3. The van der Waals surface area contributed by atoms with Gasteiger partial charge in [0, 0.05) is 26.2 Å². The molecule has 1 amide bonds. The highest BCUT2D eigenvalue weighted by Crippen LogP contribution is 2.30. The number of hydrogen-bond acceptors (Lipinski definition) is 8. The number of anilines is 2. The zero-order chi connectivity index (χ0) is 24.4. The number of amides is 1. The largest absolute Gasteiger partial charge is 0.496 e. The van der Waals surface area contributed by atoms with Gasteiger partial charge in [-0.25, -0.2) is 18.4 Å². The minimum Gasteiger partial charge on any atom is -0.496 e. The molecule has 0 aliphatic carbocycles. The van der Waals surface area contributed by atoms with Gasteiger partial charge in [0.1, 0.15) is 5.75 Å². The third-order valence-corrected chi connectivity index (χ3v) is 8.11. The summed E-state index contributed by atoms with van der Waals surface area (Å²) < 4.78 is 38.3. The minimum absolute atomic E-state index is 0.0229. The Morgan fingerprint density at radius 2 is 1.69 bits per heavy atom. The number of carbonyl (C=O) groups is 1. The topological polar surface area (TPSA) is 114 Å². The molecule has 11 heteroatoms. The van der Waals surface area contributed by atoms with Gasteiger partial charge in [0.25, 0.3) is 5.91 Å². The number of hydrogen-bond donors (Lipinski definition) is 1. The molecule has 2 aliphatic heterocycles. The SMILES string of the molecule is COc1ccc(S(=O)(=O)N2CCOCC2)cc1C(=O)Nc1nc2ccccc2nc1N1CCCC1. The van der Waals surface area contributed by atoms with Gasteiger partial charge in [0.2, 0.25) is 10.0 Å². The van der Waals surface area contributed by atoms with Gasteiger partial charge in [0.05, 0.1) is 41.8 Å². The van der Waals surface area contributed by atoms with Gasteiger partial charge in [-0.05, 0) is 43.2 Å². The van der Waals surface area contributed by atoms with Crippen LogP contribution in [0.2, 0.25) is 0 Å². The molecule has 2 aromatic carbocycles. The highest BCUT2D eigenvalue weighted by Gasteiger charge is 2.29. The molecule has 0 unspecified atom stereocenters. The molecule has 35 heavy (non-hydrogen) atoms. The molecular formula is C24H27N5O5S. The predicted octanol–water partition coefficient (Wildman–Crippen LogP) is 2.51. The van der Waals surface area contributed by atoms with Crippen LogP contribution in [-0.2, 0) is 14.8 Å². The molecule has 3 heterocycles. The molecule has 2 saturated heterocycles. The van der Waals surface area contributed by atoms with Crippen molar-refractivity contribution in [3.8, 4) is 5.75 Å². The molecule has 10 nitrogen and oxygen atoms in total. The molecule has 0 radical (unpaired) electrons. The van der Waals surface area contributed by atoms with E-state index in [1.54, 1.807) is 0 Å². The summed E-state index contributed by atoms with van der Waals surface area (Å²) in [6, 6.07) is 11.8. The summed E-state index contributed by atoms with van der Waals surface area (Å²) in [4.78, 5) is 25.0. The average Bonchev–Trinajstić information content (AvgIpc) is 3.43. The summed E-state index contributed by atoms with van der Waals surface area (Å²) in [5, 5.41) is 2.87. The average molecular weight is 498 g/mol. The summed E-state index contributed by atoms with van der Waals surface area (Å²) in [5.41, 5.74) is 1.49. The monoisotopic (exact) mass is 497 g/mol. The molecular weight excluding hydrogens is 470 g/mol. The van der Waals surface area contributed by atoms with Crippen LogP contribution in [0.25, 0.3) is 11.0 Å². The van der Waals surface area contributed by atoms with Crippen molar-refractivity contribution in [2.75, 3.05) is 56.7 Å². The lowest BCUT2D eigenvalue weighted by Gasteiger charge is -2.26. The summed E-state index contributed by atoms with van der Waals surface area (Å²) >= 11 is 0. The van der Waals surface area contributed by atoms with Crippen LogP contribution in [0.15, 0.2) is 47.4 Å². The fourth-order valence-corrected chi connectivity index (χ4v) is 5.79. The van der Waals surface area contributed by atoms with Gasteiger partial charge in [-0.1, -0.05) is 12.1 Å². The number of morpholine rings is 1. The Labute approximate surface area is 203 Å². The molecule has 0 saturated carbocycles. The number of carbonyl (C=O) groups excluding carboxylic acids is 1. The van der Waals surface area contributed by atoms with Crippen molar-refractivity contribution in [2.24, 2.45) is 0 Å². The van der Waals surface area contributed by atoms with E-state index in [-0.39, 0.29) is 29.3 Å². The zero-order valence-electron chi connectivity index (χ0n) is 19.4. The van der Waals surface area contributed by atoms with Crippen molar-refractivity contribution >= 4 is 38.6 Å². The van der Waals surface area contributed by atoms with Crippen molar-refractivity contribution in [3.05, 3.63) is 48.0 Å². The van der Waals surface area contributed by atoms with E-state index in [4.69, 9.17) is 14.5 Å². The molecule has 0 atom stereocenters. The van der Waals surface area contributed by atoms with Crippen LogP contribution in [-0.4, -0.2) is 75.1 Å². The van der Waals surface area contributed by atoms with Crippen molar-refractivity contribution in [1.29, 1.82) is 0 Å². The quantitative estimate of drug-likeness (QED) is 0.553. The van der Waals surface area contributed by atoms with E-state index in [1.807, 2.05) is 24.3 Å². The number of benzene rings is 2. The maximum absolute atomic E-state index is 13.4. The van der Waals surface area contributed by atoms with Gasteiger partial charge in [-0.2, -0.15) is 4.31 Å². The predicted molar refractivity (Wildman–Crippen MR) is 132 cm³/mol. The van der Waals surface area contributed by atoms with E-state index < -0.39 is 15.9 Å². The van der Waals surface area contributed by atoms with Crippen LogP contribution < -0.4 is 15.0 Å². The van der Waals surface area contributed by atoms with Crippen LogP contribution in [0, 0.1) is 0 Å². The fraction of sp³-hybridized carbons (Fsp3) is 0.375.